The van der Waals surface area contributed by atoms with E-state index in [-0.39, 0.29) is 6.04 Å². The molecule has 5 rings (SSSR count). The van der Waals surface area contributed by atoms with Crippen LogP contribution in [0, 0.1) is 0 Å². The number of aromatic amines is 1. The van der Waals surface area contributed by atoms with Crippen molar-refractivity contribution in [2.24, 2.45) is 5.73 Å². The number of rotatable bonds is 3. The Morgan fingerprint density at radius 2 is 2.15 bits per heavy atom. The first kappa shape index (κ1) is 16.1. The zero-order valence-electron chi connectivity index (χ0n) is 14.9. The topological polar surface area (TPSA) is 109 Å². The van der Waals surface area contributed by atoms with Crippen LogP contribution in [0.25, 0.3) is 22.0 Å². The molecule has 0 saturated carbocycles. The second-order valence-electron chi connectivity index (χ2n) is 6.98. The highest BCUT2D eigenvalue weighted by Crippen LogP contribution is 2.29. The number of anilines is 3. The highest BCUT2D eigenvalue weighted by molar-refractivity contribution is 5.86. The van der Waals surface area contributed by atoms with Gasteiger partial charge in [-0.15, -0.1) is 0 Å². The van der Waals surface area contributed by atoms with Crippen LogP contribution in [0.2, 0.25) is 0 Å². The van der Waals surface area contributed by atoms with Crippen molar-refractivity contribution in [2.45, 2.75) is 25.3 Å². The normalized spacial score (nSPS) is 18.1. The van der Waals surface area contributed by atoms with E-state index in [1.54, 1.807) is 12.5 Å². The van der Waals surface area contributed by atoms with Gasteiger partial charge in [-0.1, -0.05) is 0 Å². The van der Waals surface area contributed by atoms with Crippen LogP contribution in [0.1, 0.15) is 19.3 Å². The molecule has 8 nitrogen and oxygen atoms in total. The number of hydrogen-bond acceptors (Lipinski definition) is 7. The Morgan fingerprint density at radius 3 is 3.11 bits per heavy atom. The molecule has 1 aliphatic rings. The van der Waals surface area contributed by atoms with Crippen LogP contribution in [0.15, 0.2) is 41.1 Å². The number of furan rings is 1. The third kappa shape index (κ3) is 3.08. The Morgan fingerprint density at radius 1 is 1.19 bits per heavy atom. The fourth-order valence-corrected chi connectivity index (χ4v) is 3.60. The number of fused-ring (bicyclic) bond motifs is 2. The van der Waals surface area contributed by atoms with Gasteiger partial charge in [0.1, 0.15) is 5.52 Å². The highest BCUT2D eigenvalue weighted by atomic mass is 16.3. The van der Waals surface area contributed by atoms with Crippen molar-refractivity contribution >= 4 is 39.5 Å². The van der Waals surface area contributed by atoms with Crippen molar-refractivity contribution in [3.63, 3.8) is 0 Å². The summed E-state index contributed by atoms with van der Waals surface area (Å²) in [5, 5.41) is 11.4. The largest absolute Gasteiger partial charge is 0.459 e. The Balaban J connectivity index is 1.51. The van der Waals surface area contributed by atoms with E-state index in [2.05, 4.69) is 25.4 Å². The van der Waals surface area contributed by atoms with Gasteiger partial charge in [-0.3, -0.25) is 5.10 Å². The molecule has 0 bridgehead atoms. The second-order valence-corrected chi connectivity index (χ2v) is 6.98. The fraction of sp³-hybridized carbons (Fsp3) is 0.316. The summed E-state index contributed by atoms with van der Waals surface area (Å²) in [7, 11) is 0. The number of nitrogens with two attached hydrogens (primary N) is 1. The third-order valence-corrected chi connectivity index (χ3v) is 5.06. The van der Waals surface area contributed by atoms with Crippen LogP contribution in [0.5, 0.6) is 0 Å². The van der Waals surface area contributed by atoms with E-state index in [4.69, 9.17) is 15.1 Å². The van der Waals surface area contributed by atoms with E-state index in [1.807, 2.05) is 24.3 Å². The minimum atomic E-state index is 0.252. The van der Waals surface area contributed by atoms with E-state index >= 15 is 0 Å². The van der Waals surface area contributed by atoms with Crippen molar-refractivity contribution in [2.75, 3.05) is 23.3 Å². The zero-order chi connectivity index (χ0) is 18.2. The molecule has 1 fully saturated rings. The molecule has 8 heteroatoms. The van der Waals surface area contributed by atoms with Gasteiger partial charge in [-0.25, -0.2) is 4.98 Å². The lowest BCUT2D eigenvalue weighted by molar-refractivity contribution is 0.600. The fourth-order valence-electron chi connectivity index (χ4n) is 3.60. The molecule has 3 aromatic heterocycles. The lowest BCUT2D eigenvalue weighted by atomic mass is 10.1. The maximum atomic E-state index is 6.13. The smallest absolute Gasteiger partial charge is 0.229 e. The van der Waals surface area contributed by atoms with Gasteiger partial charge in [0, 0.05) is 36.3 Å². The Labute approximate surface area is 155 Å². The minimum absolute atomic E-state index is 0.252. The molecule has 4 aromatic rings. The lowest BCUT2D eigenvalue weighted by Crippen LogP contribution is -2.27. The maximum absolute atomic E-state index is 6.13. The van der Waals surface area contributed by atoms with E-state index in [9.17, 15) is 0 Å². The van der Waals surface area contributed by atoms with Crippen molar-refractivity contribution in [1.29, 1.82) is 0 Å². The van der Waals surface area contributed by atoms with Crippen LogP contribution in [-0.2, 0) is 0 Å². The van der Waals surface area contributed by atoms with E-state index in [0.29, 0.717) is 5.95 Å². The number of nitrogens with one attached hydrogen (secondary N) is 2. The quantitative estimate of drug-likeness (QED) is 0.513. The maximum Gasteiger partial charge on any atom is 0.229 e. The number of benzene rings is 1. The first-order valence-electron chi connectivity index (χ1n) is 9.22. The predicted octanol–water partition coefficient (Wildman–Crippen LogP) is 3.16. The molecule has 27 heavy (non-hydrogen) atoms. The summed E-state index contributed by atoms with van der Waals surface area (Å²) in [5.41, 5.74) is 9.51. The summed E-state index contributed by atoms with van der Waals surface area (Å²) >= 11 is 0. The molecule has 4 N–H and O–H groups in total. The van der Waals surface area contributed by atoms with Gasteiger partial charge in [0.05, 0.1) is 18.0 Å². The van der Waals surface area contributed by atoms with Gasteiger partial charge < -0.3 is 20.4 Å². The Hall–Kier alpha value is -3.13. The van der Waals surface area contributed by atoms with Crippen molar-refractivity contribution in [3.8, 4) is 0 Å². The number of H-pyrrole nitrogens is 1. The minimum Gasteiger partial charge on any atom is -0.459 e. The first-order chi connectivity index (χ1) is 13.3. The Bertz CT molecular complexity index is 1090. The van der Waals surface area contributed by atoms with E-state index in [0.717, 1.165) is 65.9 Å². The monoisotopic (exact) mass is 363 g/mol. The Kier molecular flexibility index (Phi) is 3.90. The van der Waals surface area contributed by atoms with Crippen molar-refractivity contribution < 1.29 is 4.42 Å². The van der Waals surface area contributed by atoms with Crippen LogP contribution in [-0.4, -0.2) is 39.3 Å². The van der Waals surface area contributed by atoms with Gasteiger partial charge in [-0.05, 0) is 37.5 Å². The molecule has 1 aliphatic heterocycles. The predicted molar refractivity (Wildman–Crippen MR) is 105 cm³/mol. The van der Waals surface area contributed by atoms with Gasteiger partial charge >= 0.3 is 0 Å². The number of hydrogen-bond donors (Lipinski definition) is 3. The van der Waals surface area contributed by atoms with Gasteiger partial charge in [0.15, 0.2) is 11.4 Å². The molecule has 1 saturated heterocycles. The van der Waals surface area contributed by atoms with Crippen LogP contribution in [0.4, 0.5) is 17.5 Å². The van der Waals surface area contributed by atoms with Crippen LogP contribution >= 0.6 is 0 Å². The third-order valence-electron chi connectivity index (χ3n) is 5.06. The first-order valence-corrected chi connectivity index (χ1v) is 9.22. The molecule has 1 atom stereocenters. The van der Waals surface area contributed by atoms with E-state index in [1.165, 1.54) is 0 Å². The van der Waals surface area contributed by atoms with Crippen LogP contribution in [0.3, 0.4) is 0 Å². The number of nitrogens with zero attached hydrogens (tertiary/aromatic N) is 4. The molecule has 1 unspecified atom stereocenters. The lowest BCUT2D eigenvalue weighted by Gasteiger charge is -2.22. The van der Waals surface area contributed by atoms with E-state index < -0.39 is 0 Å². The molecule has 0 aliphatic carbocycles. The second kappa shape index (κ2) is 6.55. The molecule has 0 spiro atoms. The average molecular weight is 363 g/mol. The van der Waals surface area contributed by atoms with Gasteiger partial charge in [-0.2, -0.15) is 10.1 Å². The molecule has 0 amide bonds. The highest BCUT2D eigenvalue weighted by Gasteiger charge is 2.20. The number of aromatic nitrogens is 4. The SMILES string of the molecule is NC1CCCN(c2nc(Nc3ccc4cn[nH]c4c3)nc3ccoc23)CC1. The molecular formula is C19H21N7O. The molecule has 4 heterocycles. The summed E-state index contributed by atoms with van der Waals surface area (Å²) < 4.78 is 5.68. The summed E-state index contributed by atoms with van der Waals surface area (Å²) in [6, 6.07) is 8.12. The summed E-state index contributed by atoms with van der Waals surface area (Å²) in [6.45, 7) is 1.79. The average Bonchev–Trinajstić information content (AvgIpc) is 3.27. The molecular weight excluding hydrogens is 342 g/mol. The summed E-state index contributed by atoms with van der Waals surface area (Å²) in [6.07, 6.45) is 6.50. The van der Waals surface area contributed by atoms with Gasteiger partial charge in [0.25, 0.3) is 0 Å². The zero-order valence-corrected chi connectivity index (χ0v) is 14.9. The molecule has 138 valence electrons. The summed E-state index contributed by atoms with van der Waals surface area (Å²) in [5.74, 6) is 1.37. The van der Waals surface area contributed by atoms with Crippen LogP contribution < -0.4 is 16.0 Å². The van der Waals surface area contributed by atoms with Gasteiger partial charge in [0.2, 0.25) is 5.95 Å². The van der Waals surface area contributed by atoms with Crippen molar-refractivity contribution in [3.05, 3.63) is 36.7 Å². The molecule has 0 radical (unpaired) electrons. The standard InChI is InChI=1S/C19H21N7O/c20-13-2-1-7-26(8-5-13)18-17-15(6-9-27-17)23-19(24-18)22-14-4-3-12-11-21-25-16(12)10-14/h3-4,6,9-11,13H,1-2,5,7-8,20H2,(H,21,25)(H,22,23,24). The summed E-state index contributed by atoms with van der Waals surface area (Å²) in [4.78, 5) is 11.6. The van der Waals surface area contributed by atoms with Crippen molar-refractivity contribution in [1.82, 2.24) is 20.2 Å². The molecule has 1 aromatic carbocycles.